The quantitative estimate of drug-likeness (QED) is 0.556. The van der Waals surface area contributed by atoms with Crippen molar-refractivity contribution in [2.75, 3.05) is 20.3 Å². The normalized spacial score (nSPS) is 14.1. The van der Waals surface area contributed by atoms with Crippen LogP contribution in [-0.4, -0.2) is 25.4 Å². The Morgan fingerprint density at radius 3 is 2.43 bits per heavy atom. The van der Waals surface area contributed by atoms with Crippen LogP contribution in [0, 0.1) is 5.92 Å². The van der Waals surface area contributed by atoms with Crippen molar-refractivity contribution in [1.82, 2.24) is 0 Å². The molecule has 0 heterocycles. The van der Waals surface area contributed by atoms with Crippen LogP contribution in [0.15, 0.2) is 0 Å². The van der Waals surface area contributed by atoms with Crippen LogP contribution in [0.1, 0.15) is 6.92 Å². The third-order valence-electron chi connectivity index (χ3n) is 0.763. The molecule has 0 radical (unpaired) electrons. The minimum absolute atomic E-state index is 0.216. The highest BCUT2D eigenvalue weighted by molar-refractivity contribution is 4.43. The Balaban J connectivity index is 2.83. The molecule has 0 fully saturated rings. The fourth-order valence-corrected chi connectivity index (χ4v) is 0.337. The molecule has 0 saturated carbocycles. The summed E-state index contributed by atoms with van der Waals surface area (Å²) >= 11 is 0. The highest BCUT2D eigenvalue weighted by Gasteiger charge is 1.94. The number of methoxy groups -OCH3 is 1. The number of hydrogen-bond donors (Lipinski definition) is 1. The van der Waals surface area contributed by atoms with E-state index in [-0.39, 0.29) is 12.5 Å². The van der Waals surface area contributed by atoms with Crippen molar-refractivity contribution in [3.8, 4) is 0 Å². The topological polar surface area (TPSA) is 29.5 Å². The third kappa shape index (κ3) is 3.76. The summed E-state index contributed by atoms with van der Waals surface area (Å²) in [6, 6.07) is 0. The van der Waals surface area contributed by atoms with Gasteiger partial charge in [0.15, 0.2) is 0 Å². The summed E-state index contributed by atoms with van der Waals surface area (Å²) in [5, 5.41) is 8.39. The average Bonchev–Trinajstić information content (AvgIpc) is 1.68. The van der Waals surface area contributed by atoms with Gasteiger partial charge in [0.1, 0.15) is 0 Å². The van der Waals surface area contributed by atoms with Gasteiger partial charge in [0, 0.05) is 19.6 Å². The van der Waals surface area contributed by atoms with Crippen molar-refractivity contribution in [3.63, 3.8) is 0 Å². The molecule has 1 unspecified atom stereocenters. The standard InChI is InChI=1S/C5H12O2/c1-5(3-6)4-7-2/h5-6H,3-4H2,1-2H3. The monoisotopic (exact) mass is 104 g/mol. The number of aliphatic hydroxyl groups excluding tert-OH is 1. The molecule has 1 N–H and O–H groups in total. The van der Waals surface area contributed by atoms with Gasteiger partial charge in [-0.25, -0.2) is 0 Å². The van der Waals surface area contributed by atoms with Gasteiger partial charge in [-0.2, -0.15) is 0 Å². The SMILES string of the molecule is COCC(C)CO. The molecular formula is C5H12O2. The largest absolute Gasteiger partial charge is 0.396 e. The molecule has 0 amide bonds. The maximum Gasteiger partial charge on any atom is 0.0509 e. The summed E-state index contributed by atoms with van der Waals surface area (Å²) < 4.78 is 4.73. The van der Waals surface area contributed by atoms with Crippen molar-refractivity contribution in [1.29, 1.82) is 0 Å². The van der Waals surface area contributed by atoms with E-state index >= 15 is 0 Å². The Hall–Kier alpha value is -0.0800. The summed E-state index contributed by atoms with van der Waals surface area (Å²) in [5.74, 6) is 0.282. The molecule has 1 atom stereocenters. The minimum Gasteiger partial charge on any atom is -0.396 e. The highest BCUT2D eigenvalue weighted by atomic mass is 16.5. The van der Waals surface area contributed by atoms with Gasteiger partial charge >= 0.3 is 0 Å². The van der Waals surface area contributed by atoms with Crippen LogP contribution < -0.4 is 0 Å². The zero-order valence-electron chi connectivity index (χ0n) is 4.85. The van der Waals surface area contributed by atoms with Gasteiger partial charge < -0.3 is 9.84 Å². The van der Waals surface area contributed by atoms with E-state index in [1.807, 2.05) is 6.92 Å². The van der Waals surface area contributed by atoms with E-state index in [9.17, 15) is 0 Å². The van der Waals surface area contributed by atoms with Crippen LogP contribution in [0.25, 0.3) is 0 Å². The molecule has 0 bridgehead atoms. The van der Waals surface area contributed by atoms with Crippen LogP contribution in [0.2, 0.25) is 0 Å². The Labute approximate surface area is 44.1 Å². The van der Waals surface area contributed by atoms with Crippen LogP contribution in [0.3, 0.4) is 0 Å². The molecule has 0 spiro atoms. The first kappa shape index (κ1) is 6.92. The molecule has 2 heteroatoms. The van der Waals surface area contributed by atoms with E-state index in [0.29, 0.717) is 6.61 Å². The second kappa shape index (κ2) is 4.09. The smallest absolute Gasteiger partial charge is 0.0509 e. The molecule has 0 aromatic rings. The Morgan fingerprint density at radius 2 is 2.29 bits per heavy atom. The van der Waals surface area contributed by atoms with Gasteiger partial charge in [0.05, 0.1) is 6.61 Å². The summed E-state index contributed by atoms with van der Waals surface area (Å²) in [7, 11) is 1.63. The van der Waals surface area contributed by atoms with Crippen LogP contribution >= 0.6 is 0 Å². The predicted molar refractivity (Wildman–Crippen MR) is 28.1 cm³/mol. The van der Waals surface area contributed by atoms with Gasteiger partial charge in [-0.1, -0.05) is 6.92 Å². The summed E-state index contributed by atoms with van der Waals surface area (Å²) in [4.78, 5) is 0. The van der Waals surface area contributed by atoms with E-state index < -0.39 is 0 Å². The molecule has 44 valence electrons. The van der Waals surface area contributed by atoms with E-state index in [0.717, 1.165) is 0 Å². The molecule has 0 aromatic heterocycles. The summed E-state index contributed by atoms with van der Waals surface area (Å²) in [6.07, 6.45) is 0. The van der Waals surface area contributed by atoms with E-state index in [1.165, 1.54) is 0 Å². The molecule has 0 rings (SSSR count). The first-order valence-electron chi connectivity index (χ1n) is 2.41. The number of hydrogen-bond acceptors (Lipinski definition) is 2. The van der Waals surface area contributed by atoms with Crippen molar-refractivity contribution in [2.24, 2.45) is 5.92 Å². The summed E-state index contributed by atoms with van der Waals surface area (Å²) in [5.41, 5.74) is 0. The molecule has 0 saturated heterocycles. The second-order valence-electron chi connectivity index (χ2n) is 1.74. The number of rotatable bonds is 3. The van der Waals surface area contributed by atoms with Gasteiger partial charge in [-0.05, 0) is 0 Å². The van der Waals surface area contributed by atoms with Crippen molar-refractivity contribution < 1.29 is 9.84 Å². The van der Waals surface area contributed by atoms with E-state index in [1.54, 1.807) is 7.11 Å². The first-order chi connectivity index (χ1) is 3.31. The highest BCUT2D eigenvalue weighted by Crippen LogP contribution is 1.89. The predicted octanol–water partition coefficient (Wildman–Crippen LogP) is 0.261. The lowest BCUT2D eigenvalue weighted by molar-refractivity contribution is 0.119. The van der Waals surface area contributed by atoms with Crippen molar-refractivity contribution in [3.05, 3.63) is 0 Å². The zero-order valence-corrected chi connectivity index (χ0v) is 4.85. The Morgan fingerprint density at radius 1 is 1.71 bits per heavy atom. The van der Waals surface area contributed by atoms with Gasteiger partial charge in [-0.3, -0.25) is 0 Å². The van der Waals surface area contributed by atoms with Crippen molar-refractivity contribution >= 4 is 0 Å². The Kier molecular flexibility index (Phi) is 4.04. The van der Waals surface area contributed by atoms with E-state index in [2.05, 4.69) is 0 Å². The van der Waals surface area contributed by atoms with Gasteiger partial charge in [0.2, 0.25) is 0 Å². The van der Waals surface area contributed by atoms with Crippen LogP contribution in [0.5, 0.6) is 0 Å². The molecule has 7 heavy (non-hydrogen) atoms. The molecule has 0 aromatic carbocycles. The molecular weight excluding hydrogens is 92.1 g/mol. The molecule has 0 aliphatic rings. The minimum atomic E-state index is 0.216. The second-order valence-corrected chi connectivity index (χ2v) is 1.74. The Bertz CT molecular complexity index is 37.1. The maximum atomic E-state index is 8.39. The molecule has 0 aliphatic carbocycles. The van der Waals surface area contributed by atoms with Gasteiger partial charge in [-0.15, -0.1) is 0 Å². The summed E-state index contributed by atoms with van der Waals surface area (Å²) in [6.45, 7) is 2.80. The average molecular weight is 104 g/mol. The zero-order chi connectivity index (χ0) is 5.70. The van der Waals surface area contributed by atoms with Crippen molar-refractivity contribution in [2.45, 2.75) is 6.92 Å². The molecule has 0 aliphatic heterocycles. The fraction of sp³-hybridized carbons (Fsp3) is 1.00. The lowest BCUT2D eigenvalue weighted by Gasteiger charge is -2.02. The third-order valence-corrected chi connectivity index (χ3v) is 0.763. The number of aliphatic hydroxyl groups is 1. The van der Waals surface area contributed by atoms with Crippen LogP contribution in [-0.2, 0) is 4.74 Å². The maximum absolute atomic E-state index is 8.39. The number of ether oxygens (including phenoxy) is 1. The fourth-order valence-electron chi connectivity index (χ4n) is 0.337. The lowest BCUT2D eigenvalue weighted by Crippen LogP contribution is -2.07. The lowest BCUT2D eigenvalue weighted by atomic mass is 10.2. The first-order valence-corrected chi connectivity index (χ1v) is 2.41. The van der Waals surface area contributed by atoms with E-state index in [4.69, 9.17) is 9.84 Å². The van der Waals surface area contributed by atoms with Gasteiger partial charge in [0.25, 0.3) is 0 Å². The molecule has 2 nitrogen and oxygen atoms in total. The van der Waals surface area contributed by atoms with Crippen LogP contribution in [0.4, 0.5) is 0 Å².